The standard InChI is InChI=1S/C11H7Cl2NOS2/c1-14-10(15)9(17-11(14)16)5-6-7(12)3-2-4-8(6)13/h2-5H,1H3/b9-5-. The fraction of sp³-hybridized carbons (Fsp3) is 0.0909. The molecule has 1 fully saturated rings. The van der Waals surface area contributed by atoms with E-state index in [2.05, 4.69) is 0 Å². The third-order valence-electron chi connectivity index (χ3n) is 2.26. The molecule has 1 amide bonds. The van der Waals surface area contributed by atoms with Gasteiger partial charge in [0.05, 0.1) is 4.91 Å². The fourth-order valence-electron chi connectivity index (χ4n) is 1.33. The van der Waals surface area contributed by atoms with Crippen LogP contribution in [0.1, 0.15) is 5.56 Å². The van der Waals surface area contributed by atoms with Crippen LogP contribution in [0.5, 0.6) is 0 Å². The van der Waals surface area contributed by atoms with Gasteiger partial charge in [-0.15, -0.1) is 0 Å². The highest BCUT2D eigenvalue weighted by Crippen LogP contribution is 2.34. The monoisotopic (exact) mass is 303 g/mol. The van der Waals surface area contributed by atoms with Gasteiger partial charge in [0, 0.05) is 22.7 Å². The molecule has 0 unspecified atom stereocenters. The molecule has 1 heterocycles. The maximum absolute atomic E-state index is 11.8. The lowest BCUT2D eigenvalue weighted by Gasteiger charge is -2.04. The molecule has 0 spiro atoms. The molecule has 88 valence electrons. The van der Waals surface area contributed by atoms with E-state index in [0.29, 0.717) is 24.8 Å². The molecule has 1 aromatic carbocycles. The molecule has 1 saturated heterocycles. The lowest BCUT2D eigenvalue weighted by molar-refractivity contribution is -0.121. The molecule has 2 rings (SSSR count). The van der Waals surface area contributed by atoms with Crippen molar-refractivity contribution in [3.05, 3.63) is 38.7 Å². The summed E-state index contributed by atoms with van der Waals surface area (Å²) in [6.07, 6.45) is 1.67. The number of nitrogens with zero attached hydrogens (tertiary/aromatic N) is 1. The number of hydrogen-bond donors (Lipinski definition) is 0. The van der Waals surface area contributed by atoms with Crippen molar-refractivity contribution in [2.75, 3.05) is 7.05 Å². The number of likely N-dealkylation sites (N-methyl/N-ethyl adjacent to an activating group) is 1. The summed E-state index contributed by atoms with van der Waals surface area (Å²) in [5.41, 5.74) is 0.643. The Bertz CT molecular complexity index is 522. The predicted molar refractivity (Wildman–Crippen MR) is 77.4 cm³/mol. The second kappa shape index (κ2) is 4.98. The largest absolute Gasteiger partial charge is 0.296 e. The minimum Gasteiger partial charge on any atom is -0.296 e. The van der Waals surface area contributed by atoms with Gasteiger partial charge in [0.15, 0.2) is 0 Å². The van der Waals surface area contributed by atoms with Crippen LogP contribution in [0.2, 0.25) is 10.0 Å². The molecular formula is C11H7Cl2NOS2. The molecule has 17 heavy (non-hydrogen) atoms. The van der Waals surface area contributed by atoms with Crippen LogP contribution in [0, 0.1) is 0 Å². The van der Waals surface area contributed by atoms with Crippen LogP contribution >= 0.6 is 47.2 Å². The van der Waals surface area contributed by atoms with Gasteiger partial charge < -0.3 is 0 Å². The highest BCUT2D eigenvalue weighted by Gasteiger charge is 2.29. The van der Waals surface area contributed by atoms with Crippen LogP contribution in [0.25, 0.3) is 6.08 Å². The van der Waals surface area contributed by atoms with Crippen molar-refractivity contribution in [3.63, 3.8) is 0 Å². The average Bonchev–Trinajstić information content (AvgIpc) is 2.52. The average molecular weight is 304 g/mol. The highest BCUT2D eigenvalue weighted by atomic mass is 35.5. The number of carbonyl (C=O) groups excluding carboxylic acids is 1. The second-order valence-corrected chi connectivity index (χ2v) is 5.87. The lowest BCUT2D eigenvalue weighted by atomic mass is 10.2. The van der Waals surface area contributed by atoms with E-state index >= 15 is 0 Å². The molecule has 0 N–H and O–H groups in total. The molecule has 0 saturated carbocycles. The maximum atomic E-state index is 11.8. The first-order valence-electron chi connectivity index (χ1n) is 4.66. The first-order chi connectivity index (χ1) is 8.00. The van der Waals surface area contributed by atoms with E-state index in [4.69, 9.17) is 35.4 Å². The van der Waals surface area contributed by atoms with Gasteiger partial charge in [-0.25, -0.2) is 0 Å². The number of hydrogen-bond acceptors (Lipinski definition) is 3. The summed E-state index contributed by atoms with van der Waals surface area (Å²) in [4.78, 5) is 13.8. The molecular weight excluding hydrogens is 297 g/mol. The fourth-order valence-corrected chi connectivity index (χ4v) is 2.99. The number of carbonyl (C=O) groups is 1. The molecule has 0 radical (unpaired) electrons. The van der Waals surface area contributed by atoms with Crippen LogP contribution in [0.4, 0.5) is 0 Å². The number of benzene rings is 1. The van der Waals surface area contributed by atoms with Gasteiger partial charge in [0.2, 0.25) is 0 Å². The second-order valence-electron chi connectivity index (χ2n) is 3.38. The van der Waals surface area contributed by atoms with Gasteiger partial charge in [0.1, 0.15) is 4.32 Å². The van der Waals surface area contributed by atoms with E-state index in [1.54, 1.807) is 31.3 Å². The van der Waals surface area contributed by atoms with Crippen molar-refractivity contribution in [2.24, 2.45) is 0 Å². The zero-order valence-electron chi connectivity index (χ0n) is 8.74. The van der Waals surface area contributed by atoms with E-state index < -0.39 is 0 Å². The summed E-state index contributed by atoms with van der Waals surface area (Å²) in [5, 5.41) is 1.03. The molecule has 0 aliphatic carbocycles. The van der Waals surface area contributed by atoms with E-state index in [1.807, 2.05) is 0 Å². The minimum absolute atomic E-state index is 0.129. The SMILES string of the molecule is CN1C(=O)/C(=C/c2c(Cl)cccc2Cl)SC1=S. The first kappa shape index (κ1) is 12.9. The Morgan fingerprint density at radius 1 is 1.35 bits per heavy atom. The first-order valence-corrected chi connectivity index (χ1v) is 6.64. The Morgan fingerprint density at radius 3 is 2.41 bits per heavy atom. The van der Waals surface area contributed by atoms with Gasteiger partial charge >= 0.3 is 0 Å². The van der Waals surface area contributed by atoms with E-state index in [-0.39, 0.29) is 5.91 Å². The Morgan fingerprint density at radius 2 is 1.94 bits per heavy atom. The van der Waals surface area contributed by atoms with Crippen LogP contribution in [0.3, 0.4) is 0 Å². The predicted octanol–water partition coefficient (Wildman–Crippen LogP) is 3.82. The third-order valence-corrected chi connectivity index (χ3v) is 4.41. The van der Waals surface area contributed by atoms with E-state index in [0.717, 1.165) is 0 Å². The van der Waals surface area contributed by atoms with Gasteiger partial charge in [-0.05, 0) is 18.2 Å². The van der Waals surface area contributed by atoms with Gasteiger partial charge in [-0.1, -0.05) is 53.2 Å². The molecule has 0 aromatic heterocycles. The quantitative estimate of drug-likeness (QED) is 0.581. The zero-order chi connectivity index (χ0) is 12.6. The van der Waals surface area contributed by atoms with E-state index in [9.17, 15) is 4.79 Å². The van der Waals surface area contributed by atoms with Crippen molar-refractivity contribution in [1.29, 1.82) is 0 Å². The van der Waals surface area contributed by atoms with Gasteiger partial charge in [-0.2, -0.15) is 0 Å². The number of thiocarbonyl (C=S) groups is 1. The Labute approximate surface area is 119 Å². The normalized spacial score (nSPS) is 18.3. The van der Waals surface area contributed by atoms with Crippen molar-refractivity contribution in [3.8, 4) is 0 Å². The summed E-state index contributed by atoms with van der Waals surface area (Å²) in [6, 6.07) is 5.21. The summed E-state index contributed by atoms with van der Waals surface area (Å²) < 4.78 is 0.532. The zero-order valence-corrected chi connectivity index (χ0v) is 11.9. The van der Waals surface area contributed by atoms with Crippen molar-refractivity contribution in [1.82, 2.24) is 4.90 Å². The van der Waals surface area contributed by atoms with Gasteiger partial charge in [0.25, 0.3) is 5.91 Å². The van der Waals surface area contributed by atoms with Crippen LogP contribution in [-0.2, 0) is 4.79 Å². The smallest absolute Gasteiger partial charge is 0.265 e. The Balaban J connectivity index is 2.44. The maximum Gasteiger partial charge on any atom is 0.265 e. The Hall–Kier alpha value is -0.550. The molecule has 2 nitrogen and oxygen atoms in total. The molecule has 1 aliphatic heterocycles. The molecule has 0 atom stereocenters. The summed E-state index contributed by atoms with van der Waals surface area (Å²) in [6.45, 7) is 0. The lowest BCUT2D eigenvalue weighted by Crippen LogP contribution is -2.22. The van der Waals surface area contributed by atoms with Crippen LogP contribution in [0.15, 0.2) is 23.1 Å². The summed E-state index contributed by atoms with van der Waals surface area (Å²) in [7, 11) is 1.65. The van der Waals surface area contributed by atoms with E-state index in [1.165, 1.54) is 16.7 Å². The number of amides is 1. The van der Waals surface area contributed by atoms with Crippen LogP contribution < -0.4 is 0 Å². The van der Waals surface area contributed by atoms with Crippen molar-refractivity contribution >= 4 is 63.5 Å². The van der Waals surface area contributed by atoms with Gasteiger partial charge in [-0.3, -0.25) is 9.69 Å². The highest BCUT2D eigenvalue weighted by molar-refractivity contribution is 8.26. The topological polar surface area (TPSA) is 20.3 Å². The summed E-state index contributed by atoms with van der Waals surface area (Å²) >= 11 is 18.3. The third kappa shape index (κ3) is 2.50. The molecule has 0 bridgehead atoms. The molecule has 1 aromatic rings. The molecule has 1 aliphatic rings. The number of thioether (sulfide) groups is 1. The Kier molecular flexibility index (Phi) is 3.78. The molecule has 6 heteroatoms. The summed E-state index contributed by atoms with van der Waals surface area (Å²) in [5.74, 6) is -0.129. The van der Waals surface area contributed by atoms with Crippen molar-refractivity contribution in [2.45, 2.75) is 0 Å². The minimum atomic E-state index is -0.129. The van der Waals surface area contributed by atoms with Crippen molar-refractivity contribution < 1.29 is 4.79 Å². The number of rotatable bonds is 1. The van der Waals surface area contributed by atoms with Crippen LogP contribution in [-0.4, -0.2) is 22.2 Å². The number of halogens is 2.